The number of thiazole rings is 1. The zero-order valence-electron chi connectivity index (χ0n) is 18.0. The molecule has 0 saturated carbocycles. The molecule has 3 rings (SSSR count). The summed E-state index contributed by atoms with van der Waals surface area (Å²) in [6.45, 7) is 11.7. The summed E-state index contributed by atoms with van der Waals surface area (Å²) in [6, 6.07) is 0. The van der Waals surface area contributed by atoms with Crippen molar-refractivity contribution in [3.05, 3.63) is 16.1 Å². The molecule has 3 heterocycles. The molecular weight excluding hydrogens is 384 g/mol. The van der Waals surface area contributed by atoms with Crippen molar-refractivity contribution >= 4 is 23.2 Å². The van der Waals surface area contributed by atoms with Crippen LogP contribution < -0.4 is 5.32 Å². The fourth-order valence-electron chi connectivity index (χ4n) is 3.89. The summed E-state index contributed by atoms with van der Waals surface area (Å²) in [6.07, 6.45) is 5.80. The van der Waals surface area contributed by atoms with Crippen LogP contribution in [0.1, 0.15) is 50.2 Å². The molecule has 1 amide bonds. The molecule has 29 heavy (non-hydrogen) atoms. The molecule has 1 N–H and O–H groups in total. The quantitative estimate of drug-likeness (QED) is 0.565. The number of hydrogen-bond acceptors (Lipinski definition) is 5. The molecule has 1 aromatic rings. The molecule has 0 aromatic carbocycles. The first-order valence-corrected chi connectivity index (χ1v) is 12.0. The lowest BCUT2D eigenvalue weighted by atomic mass is 10.2. The standard InChI is InChI=1S/C21H36N6OS/c1-3-19-24-18(17-29-19)15-23-21(22-4-2)27-13-11-25(12-14-27)16-20(28)26-9-7-5-6-8-10-26/h17H,3-16H2,1-2H3,(H,22,23). The maximum atomic E-state index is 12.7. The monoisotopic (exact) mass is 420 g/mol. The Balaban J connectivity index is 1.48. The van der Waals surface area contributed by atoms with Crippen LogP contribution in [0.15, 0.2) is 10.4 Å². The van der Waals surface area contributed by atoms with E-state index in [0.717, 1.165) is 76.7 Å². The number of piperazine rings is 1. The molecular formula is C21H36N6OS. The number of aryl methyl sites for hydroxylation is 1. The summed E-state index contributed by atoms with van der Waals surface area (Å²) in [7, 11) is 0. The summed E-state index contributed by atoms with van der Waals surface area (Å²) in [5.74, 6) is 1.26. The van der Waals surface area contributed by atoms with E-state index in [2.05, 4.69) is 44.2 Å². The zero-order valence-corrected chi connectivity index (χ0v) is 18.8. The number of aliphatic imine (C=N–C) groups is 1. The van der Waals surface area contributed by atoms with Crippen molar-refractivity contribution in [3.8, 4) is 0 Å². The lowest BCUT2D eigenvalue weighted by Gasteiger charge is -2.37. The lowest BCUT2D eigenvalue weighted by Crippen LogP contribution is -2.54. The fourth-order valence-corrected chi connectivity index (χ4v) is 4.63. The van der Waals surface area contributed by atoms with Crippen molar-refractivity contribution in [2.45, 2.75) is 52.5 Å². The first-order valence-electron chi connectivity index (χ1n) is 11.2. The number of guanidine groups is 1. The number of nitrogens with one attached hydrogen (secondary N) is 1. The van der Waals surface area contributed by atoms with E-state index in [1.54, 1.807) is 11.3 Å². The topological polar surface area (TPSA) is 64.1 Å². The van der Waals surface area contributed by atoms with Gasteiger partial charge in [-0.3, -0.25) is 9.69 Å². The van der Waals surface area contributed by atoms with Gasteiger partial charge in [-0.05, 0) is 26.2 Å². The molecule has 162 valence electrons. The highest BCUT2D eigenvalue weighted by Gasteiger charge is 2.23. The van der Waals surface area contributed by atoms with Gasteiger partial charge in [0.1, 0.15) is 0 Å². The molecule has 2 fully saturated rings. The number of likely N-dealkylation sites (tertiary alicyclic amines) is 1. The van der Waals surface area contributed by atoms with Crippen LogP contribution in [0.25, 0.3) is 0 Å². The predicted molar refractivity (Wildman–Crippen MR) is 119 cm³/mol. The Labute approximate surface area is 179 Å². The summed E-state index contributed by atoms with van der Waals surface area (Å²) in [4.78, 5) is 28.7. The van der Waals surface area contributed by atoms with E-state index in [4.69, 9.17) is 4.99 Å². The molecule has 7 nitrogen and oxygen atoms in total. The van der Waals surface area contributed by atoms with Gasteiger partial charge < -0.3 is 15.1 Å². The van der Waals surface area contributed by atoms with Gasteiger partial charge in [-0.15, -0.1) is 11.3 Å². The number of carbonyl (C=O) groups excluding carboxylic acids is 1. The third-order valence-corrected chi connectivity index (χ3v) is 6.66. The van der Waals surface area contributed by atoms with Crippen molar-refractivity contribution in [1.29, 1.82) is 0 Å². The Morgan fingerprint density at radius 2 is 1.79 bits per heavy atom. The smallest absolute Gasteiger partial charge is 0.236 e. The molecule has 2 aliphatic heterocycles. The van der Waals surface area contributed by atoms with Gasteiger partial charge in [0.05, 0.1) is 23.8 Å². The Hall–Kier alpha value is -1.67. The van der Waals surface area contributed by atoms with E-state index in [9.17, 15) is 4.79 Å². The largest absolute Gasteiger partial charge is 0.357 e. The van der Waals surface area contributed by atoms with E-state index >= 15 is 0 Å². The van der Waals surface area contributed by atoms with Crippen molar-refractivity contribution in [2.75, 3.05) is 52.4 Å². The Morgan fingerprint density at radius 3 is 2.41 bits per heavy atom. The average Bonchev–Trinajstić information content (AvgIpc) is 3.03. The van der Waals surface area contributed by atoms with Gasteiger partial charge in [0.2, 0.25) is 5.91 Å². The lowest BCUT2D eigenvalue weighted by molar-refractivity contribution is -0.132. The normalized spacial score (nSPS) is 19.3. The number of nitrogens with zero attached hydrogens (tertiary/aromatic N) is 5. The number of amides is 1. The first-order chi connectivity index (χ1) is 14.2. The predicted octanol–water partition coefficient (Wildman–Crippen LogP) is 2.19. The Bertz CT molecular complexity index is 660. The van der Waals surface area contributed by atoms with E-state index < -0.39 is 0 Å². The highest BCUT2D eigenvalue weighted by atomic mass is 32.1. The second kappa shape index (κ2) is 11.5. The summed E-state index contributed by atoms with van der Waals surface area (Å²) < 4.78 is 0. The molecule has 8 heteroatoms. The van der Waals surface area contributed by atoms with Gasteiger partial charge in [0.25, 0.3) is 0 Å². The van der Waals surface area contributed by atoms with Crippen LogP contribution in [-0.2, 0) is 17.8 Å². The summed E-state index contributed by atoms with van der Waals surface area (Å²) >= 11 is 1.71. The molecule has 0 radical (unpaired) electrons. The number of rotatable bonds is 6. The van der Waals surface area contributed by atoms with E-state index in [0.29, 0.717) is 19.0 Å². The highest BCUT2D eigenvalue weighted by molar-refractivity contribution is 7.09. The maximum absolute atomic E-state index is 12.7. The highest BCUT2D eigenvalue weighted by Crippen LogP contribution is 2.13. The zero-order chi connectivity index (χ0) is 20.5. The van der Waals surface area contributed by atoms with Crippen LogP contribution in [0.2, 0.25) is 0 Å². The minimum absolute atomic E-state index is 0.302. The molecule has 2 aliphatic rings. The molecule has 2 saturated heterocycles. The third kappa shape index (κ3) is 6.67. The summed E-state index contributed by atoms with van der Waals surface area (Å²) in [5, 5.41) is 6.69. The third-order valence-electron chi connectivity index (χ3n) is 5.62. The van der Waals surface area contributed by atoms with Crippen molar-refractivity contribution in [3.63, 3.8) is 0 Å². The second-order valence-electron chi connectivity index (χ2n) is 7.81. The minimum Gasteiger partial charge on any atom is -0.357 e. The number of aromatic nitrogens is 1. The molecule has 0 bridgehead atoms. The Morgan fingerprint density at radius 1 is 1.07 bits per heavy atom. The van der Waals surface area contributed by atoms with Gasteiger partial charge >= 0.3 is 0 Å². The van der Waals surface area contributed by atoms with Gasteiger partial charge in [-0.1, -0.05) is 19.8 Å². The van der Waals surface area contributed by atoms with Crippen LogP contribution >= 0.6 is 11.3 Å². The average molecular weight is 421 g/mol. The first kappa shape index (κ1) is 22.0. The SMILES string of the molecule is CCNC(=NCc1csc(CC)n1)N1CCN(CC(=O)N2CCCCCC2)CC1. The molecule has 0 unspecified atom stereocenters. The second-order valence-corrected chi connectivity index (χ2v) is 8.76. The van der Waals surface area contributed by atoms with E-state index in [-0.39, 0.29) is 0 Å². The van der Waals surface area contributed by atoms with Crippen molar-refractivity contribution in [2.24, 2.45) is 4.99 Å². The molecule has 0 spiro atoms. The minimum atomic E-state index is 0.302. The van der Waals surface area contributed by atoms with Crippen LogP contribution in [0, 0.1) is 0 Å². The van der Waals surface area contributed by atoms with Crippen LogP contribution in [0.3, 0.4) is 0 Å². The Kier molecular flexibility index (Phi) is 8.73. The van der Waals surface area contributed by atoms with Crippen LogP contribution in [-0.4, -0.2) is 83.9 Å². The number of hydrogen-bond donors (Lipinski definition) is 1. The van der Waals surface area contributed by atoms with Crippen LogP contribution in [0.4, 0.5) is 0 Å². The molecule has 0 aliphatic carbocycles. The van der Waals surface area contributed by atoms with Crippen LogP contribution in [0.5, 0.6) is 0 Å². The summed E-state index contributed by atoms with van der Waals surface area (Å²) in [5.41, 5.74) is 1.05. The molecule has 1 aromatic heterocycles. The maximum Gasteiger partial charge on any atom is 0.236 e. The molecule has 0 atom stereocenters. The van der Waals surface area contributed by atoms with E-state index in [1.165, 1.54) is 17.8 Å². The van der Waals surface area contributed by atoms with Gasteiger partial charge in [-0.2, -0.15) is 0 Å². The van der Waals surface area contributed by atoms with Gasteiger partial charge in [0.15, 0.2) is 5.96 Å². The van der Waals surface area contributed by atoms with Gasteiger partial charge in [0, 0.05) is 51.2 Å². The number of carbonyl (C=O) groups is 1. The van der Waals surface area contributed by atoms with E-state index in [1.807, 2.05) is 0 Å². The fraction of sp³-hybridized carbons (Fsp3) is 0.762. The van der Waals surface area contributed by atoms with Gasteiger partial charge in [-0.25, -0.2) is 9.98 Å². The van der Waals surface area contributed by atoms with Crippen molar-refractivity contribution in [1.82, 2.24) is 25.0 Å². The van der Waals surface area contributed by atoms with Crippen molar-refractivity contribution < 1.29 is 4.79 Å².